The maximum atomic E-state index is 13.7. The van der Waals surface area contributed by atoms with Crippen molar-refractivity contribution < 1.29 is 18.0 Å². The van der Waals surface area contributed by atoms with E-state index >= 15 is 0 Å². The van der Waals surface area contributed by atoms with Crippen LogP contribution in [0.5, 0.6) is 0 Å². The molecule has 0 aliphatic carbocycles. The predicted molar refractivity (Wildman–Crippen MR) is 145 cm³/mol. The Kier molecular flexibility index (Phi) is 9.16. The third kappa shape index (κ3) is 6.46. The van der Waals surface area contributed by atoms with Gasteiger partial charge in [0.25, 0.3) is 10.0 Å². The quantitative estimate of drug-likeness (QED) is 0.388. The molecule has 2 amide bonds. The Morgan fingerprint density at radius 1 is 1.03 bits per heavy atom. The topological polar surface area (TPSA) is 86.8 Å². The summed E-state index contributed by atoms with van der Waals surface area (Å²) in [5.41, 5.74) is 1.71. The van der Waals surface area contributed by atoms with Crippen LogP contribution in [-0.4, -0.2) is 44.8 Å². The SMILES string of the molecule is CNC(=O)[C@@H](C)N(Cc1ccc(Br)cc1)C(=O)CN(c1ccc(Cl)cc1C)S(=O)(=O)c1ccccc1. The molecular formula is C26H27BrClN3O4S. The first-order valence-corrected chi connectivity index (χ1v) is 13.7. The van der Waals surface area contributed by atoms with Crippen molar-refractivity contribution in [3.8, 4) is 0 Å². The van der Waals surface area contributed by atoms with E-state index in [0.717, 1.165) is 14.3 Å². The summed E-state index contributed by atoms with van der Waals surface area (Å²) in [6.07, 6.45) is 0. The number of carbonyl (C=O) groups is 2. The van der Waals surface area contributed by atoms with Gasteiger partial charge in [-0.05, 0) is 67.4 Å². The van der Waals surface area contributed by atoms with Gasteiger partial charge in [-0.15, -0.1) is 0 Å². The van der Waals surface area contributed by atoms with Crippen molar-refractivity contribution in [1.29, 1.82) is 0 Å². The molecule has 1 N–H and O–H groups in total. The number of anilines is 1. The normalized spacial score (nSPS) is 12.0. The van der Waals surface area contributed by atoms with Crippen LogP contribution >= 0.6 is 27.5 Å². The monoisotopic (exact) mass is 591 g/mol. The third-order valence-corrected chi connectivity index (χ3v) is 8.26. The standard InChI is InChI=1S/C26H27BrClN3O4S/c1-18-15-22(28)13-14-24(18)31(36(34,35)23-7-5-4-6-8-23)17-25(32)30(19(2)26(33)29-3)16-20-9-11-21(27)12-10-20/h4-15,19H,16-17H2,1-3H3,(H,29,33)/t19-/m1/s1. The summed E-state index contributed by atoms with van der Waals surface area (Å²) in [7, 11) is -2.62. The third-order valence-electron chi connectivity index (χ3n) is 5.72. The Balaban J connectivity index is 2.05. The minimum atomic E-state index is -4.11. The number of aryl methyl sites for hydroxylation is 1. The molecule has 36 heavy (non-hydrogen) atoms. The first kappa shape index (κ1) is 27.7. The number of nitrogens with one attached hydrogen (secondary N) is 1. The van der Waals surface area contributed by atoms with E-state index in [9.17, 15) is 18.0 Å². The Hall–Kier alpha value is -2.88. The summed E-state index contributed by atoms with van der Waals surface area (Å²) in [6, 6.07) is 19.2. The molecule has 1 atom stereocenters. The smallest absolute Gasteiger partial charge is 0.264 e. The van der Waals surface area contributed by atoms with Crippen LogP contribution < -0.4 is 9.62 Å². The molecule has 0 fully saturated rings. The molecule has 0 saturated carbocycles. The van der Waals surface area contributed by atoms with Gasteiger partial charge < -0.3 is 10.2 Å². The summed E-state index contributed by atoms with van der Waals surface area (Å²) in [6.45, 7) is 2.96. The van der Waals surface area contributed by atoms with Gasteiger partial charge in [0, 0.05) is 23.1 Å². The second kappa shape index (κ2) is 11.9. The Morgan fingerprint density at radius 3 is 2.25 bits per heavy atom. The van der Waals surface area contributed by atoms with Crippen LogP contribution in [0.4, 0.5) is 5.69 Å². The molecule has 190 valence electrons. The lowest BCUT2D eigenvalue weighted by Gasteiger charge is -2.32. The lowest BCUT2D eigenvalue weighted by Crippen LogP contribution is -2.50. The molecule has 3 aromatic rings. The number of sulfonamides is 1. The fraction of sp³-hybridized carbons (Fsp3) is 0.231. The minimum absolute atomic E-state index is 0.0472. The van der Waals surface area contributed by atoms with Crippen molar-refractivity contribution in [2.45, 2.75) is 31.3 Å². The largest absolute Gasteiger partial charge is 0.357 e. The van der Waals surface area contributed by atoms with E-state index in [-0.39, 0.29) is 17.3 Å². The van der Waals surface area contributed by atoms with Crippen LogP contribution in [0.25, 0.3) is 0 Å². The number of carbonyl (C=O) groups excluding carboxylic acids is 2. The summed E-state index contributed by atoms with van der Waals surface area (Å²) < 4.78 is 29.4. The summed E-state index contributed by atoms with van der Waals surface area (Å²) in [5.74, 6) is -0.886. The Bertz CT molecular complexity index is 1340. The van der Waals surface area contributed by atoms with Gasteiger partial charge >= 0.3 is 0 Å². The van der Waals surface area contributed by atoms with Gasteiger partial charge in [0.15, 0.2) is 0 Å². The zero-order valence-electron chi connectivity index (χ0n) is 20.1. The van der Waals surface area contributed by atoms with Crippen molar-refractivity contribution in [3.05, 3.63) is 93.4 Å². The van der Waals surface area contributed by atoms with E-state index in [2.05, 4.69) is 21.2 Å². The van der Waals surface area contributed by atoms with Crippen LogP contribution in [0.2, 0.25) is 5.02 Å². The average molecular weight is 593 g/mol. The fourth-order valence-electron chi connectivity index (χ4n) is 3.71. The molecule has 10 heteroatoms. The van der Waals surface area contributed by atoms with Crippen LogP contribution in [0.1, 0.15) is 18.1 Å². The highest BCUT2D eigenvalue weighted by Crippen LogP contribution is 2.29. The van der Waals surface area contributed by atoms with Gasteiger partial charge in [-0.25, -0.2) is 8.42 Å². The number of benzene rings is 3. The van der Waals surface area contributed by atoms with Crippen molar-refractivity contribution >= 4 is 55.1 Å². The number of likely N-dealkylation sites (N-methyl/N-ethyl adjacent to an activating group) is 1. The molecule has 0 radical (unpaired) electrons. The molecule has 0 heterocycles. The number of amides is 2. The molecule has 0 aliphatic rings. The predicted octanol–water partition coefficient (Wildman–Crippen LogP) is 4.77. The fourth-order valence-corrected chi connectivity index (χ4v) is 5.70. The van der Waals surface area contributed by atoms with Crippen molar-refractivity contribution in [2.24, 2.45) is 0 Å². The first-order valence-electron chi connectivity index (χ1n) is 11.1. The van der Waals surface area contributed by atoms with E-state index < -0.39 is 28.5 Å². The number of hydrogen-bond acceptors (Lipinski definition) is 4. The zero-order valence-corrected chi connectivity index (χ0v) is 23.3. The molecule has 3 aromatic carbocycles. The maximum Gasteiger partial charge on any atom is 0.264 e. The molecule has 3 rings (SSSR count). The van der Waals surface area contributed by atoms with Crippen molar-refractivity contribution in [3.63, 3.8) is 0 Å². The van der Waals surface area contributed by atoms with Gasteiger partial charge in [-0.2, -0.15) is 0 Å². The van der Waals surface area contributed by atoms with Crippen LogP contribution in [-0.2, 0) is 26.2 Å². The molecule has 7 nitrogen and oxygen atoms in total. The minimum Gasteiger partial charge on any atom is -0.357 e. The molecule has 0 aromatic heterocycles. The maximum absolute atomic E-state index is 13.7. The summed E-state index contributed by atoms with van der Waals surface area (Å²) in [4.78, 5) is 27.7. The van der Waals surface area contributed by atoms with E-state index in [1.54, 1.807) is 50.2 Å². The van der Waals surface area contributed by atoms with Crippen molar-refractivity contribution in [2.75, 3.05) is 17.9 Å². The molecule has 0 aliphatic heterocycles. The second-order valence-corrected chi connectivity index (χ2v) is 11.4. The molecule has 0 bridgehead atoms. The number of hydrogen-bond donors (Lipinski definition) is 1. The number of halogens is 2. The summed E-state index contributed by atoms with van der Waals surface area (Å²) >= 11 is 9.50. The number of nitrogens with zero attached hydrogens (tertiary/aromatic N) is 2. The van der Waals surface area contributed by atoms with Gasteiger partial charge in [0.2, 0.25) is 11.8 Å². The molecular weight excluding hydrogens is 566 g/mol. The first-order chi connectivity index (χ1) is 17.0. The zero-order chi connectivity index (χ0) is 26.5. The van der Waals surface area contributed by atoms with E-state index in [1.807, 2.05) is 24.3 Å². The molecule has 0 saturated heterocycles. The van der Waals surface area contributed by atoms with Gasteiger partial charge in [-0.3, -0.25) is 13.9 Å². The Morgan fingerprint density at radius 2 is 1.67 bits per heavy atom. The van der Waals surface area contributed by atoms with Gasteiger partial charge in [0.05, 0.1) is 10.6 Å². The molecule has 0 spiro atoms. The Labute approximate surface area is 225 Å². The number of rotatable bonds is 9. The van der Waals surface area contributed by atoms with Gasteiger partial charge in [-0.1, -0.05) is 57.9 Å². The van der Waals surface area contributed by atoms with Crippen LogP contribution in [0.15, 0.2) is 82.2 Å². The lowest BCUT2D eigenvalue weighted by molar-refractivity contribution is -0.139. The highest BCUT2D eigenvalue weighted by molar-refractivity contribution is 9.10. The van der Waals surface area contributed by atoms with Crippen LogP contribution in [0, 0.1) is 6.92 Å². The second-order valence-electron chi connectivity index (χ2n) is 8.19. The highest BCUT2D eigenvalue weighted by Gasteiger charge is 2.32. The van der Waals surface area contributed by atoms with Gasteiger partial charge in [0.1, 0.15) is 12.6 Å². The molecule has 0 unspecified atom stereocenters. The van der Waals surface area contributed by atoms with E-state index in [4.69, 9.17) is 11.6 Å². The highest BCUT2D eigenvalue weighted by atomic mass is 79.9. The van der Waals surface area contributed by atoms with E-state index in [0.29, 0.717) is 16.3 Å². The van der Waals surface area contributed by atoms with E-state index in [1.165, 1.54) is 24.1 Å². The van der Waals surface area contributed by atoms with Crippen molar-refractivity contribution in [1.82, 2.24) is 10.2 Å². The lowest BCUT2D eigenvalue weighted by atomic mass is 10.1. The average Bonchev–Trinajstić information content (AvgIpc) is 2.86. The summed E-state index contributed by atoms with van der Waals surface area (Å²) in [5, 5.41) is 3.01. The van der Waals surface area contributed by atoms with Crippen LogP contribution in [0.3, 0.4) is 0 Å².